The molecule has 8 heteroatoms. The molecule has 0 saturated carbocycles. The first-order valence-electron chi connectivity index (χ1n) is 6.58. The van der Waals surface area contributed by atoms with Crippen LogP contribution in [-0.4, -0.2) is 38.2 Å². The van der Waals surface area contributed by atoms with Gasteiger partial charge in [0.1, 0.15) is 0 Å². The van der Waals surface area contributed by atoms with E-state index in [0.717, 1.165) is 6.08 Å². The van der Waals surface area contributed by atoms with Crippen molar-refractivity contribution < 1.29 is 28.6 Å². The Kier molecular flexibility index (Phi) is 6.60. The Morgan fingerprint density at radius 1 is 1.17 bits per heavy atom. The Labute approximate surface area is 133 Å². The van der Waals surface area contributed by atoms with E-state index in [1.807, 2.05) is 5.32 Å². The van der Waals surface area contributed by atoms with Crippen LogP contribution in [0.4, 0.5) is 4.79 Å². The van der Waals surface area contributed by atoms with E-state index in [9.17, 15) is 14.4 Å². The van der Waals surface area contributed by atoms with Gasteiger partial charge in [-0.05, 0) is 30.7 Å². The number of carbonyl (C=O) groups is 3. The van der Waals surface area contributed by atoms with E-state index in [2.05, 4.69) is 0 Å². The SMILES string of the molecule is COc1ccc(/C=C/C(=O)O[C@@H](C)C(=O)NC(N)=O)cc1OC. The van der Waals surface area contributed by atoms with Crippen molar-refractivity contribution in [1.29, 1.82) is 0 Å². The summed E-state index contributed by atoms with van der Waals surface area (Å²) in [5.74, 6) is -0.474. The molecule has 1 atom stereocenters. The predicted molar refractivity (Wildman–Crippen MR) is 81.9 cm³/mol. The summed E-state index contributed by atoms with van der Waals surface area (Å²) >= 11 is 0. The van der Waals surface area contributed by atoms with E-state index in [1.165, 1.54) is 27.2 Å². The van der Waals surface area contributed by atoms with Crippen molar-refractivity contribution in [2.45, 2.75) is 13.0 Å². The molecule has 3 amide bonds. The molecule has 0 fully saturated rings. The van der Waals surface area contributed by atoms with E-state index in [1.54, 1.807) is 18.2 Å². The lowest BCUT2D eigenvalue weighted by atomic mass is 10.2. The molecule has 1 aromatic carbocycles. The molecule has 0 aliphatic carbocycles. The number of benzene rings is 1. The molecule has 8 nitrogen and oxygen atoms in total. The zero-order valence-corrected chi connectivity index (χ0v) is 13.0. The molecule has 0 bridgehead atoms. The summed E-state index contributed by atoms with van der Waals surface area (Å²) in [5, 5.41) is 1.82. The van der Waals surface area contributed by atoms with Crippen LogP contribution in [0.25, 0.3) is 6.08 Å². The number of urea groups is 1. The Hall–Kier alpha value is -3.03. The van der Waals surface area contributed by atoms with Crippen LogP contribution in [0.2, 0.25) is 0 Å². The summed E-state index contributed by atoms with van der Waals surface area (Å²) in [5.41, 5.74) is 5.48. The Bertz CT molecular complexity index is 626. The second kappa shape index (κ2) is 8.42. The van der Waals surface area contributed by atoms with Crippen molar-refractivity contribution in [2.75, 3.05) is 14.2 Å². The maximum Gasteiger partial charge on any atom is 0.331 e. The van der Waals surface area contributed by atoms with Crippen molar-refractivity contribution in [3.05, 3.63) is 29.8 Å². The number of nitrogens with two attached hydrogens (primary N) is 1. The molecule has 1 rings (SSSR count). The van der Waals surface area contributed by atoms with Gasteiger partial charge in [-0.2, -0.15) is 0 Å². The first-order chi connectivity index (χ1) is 10.9. The molecule has 0 aliphatic rings. The number of esters is 1. The maximum atomic E-state index is 11.6. The lowest BCUT2D eigenvalue weighted by Crippen LogP contribution is -2.42. The van der Waals surface area contributed by atoms with E-state index < -0.39 is 24.0 Å². The van der Waals surface area contributed by atoms with E-state index in [-0.39, 0.29) is 0 Å². The number of methoxy groups -OCH3 is 2. The van der Waals surface area contributed by atoms with Crippen LogP contribution in [0.3, 0.4) is 0 Å². The summed E-state index contributed by atoms with van der Waals surface area (Å²) < 4.78 is 15.1. The quantitative estimate of drug-likeness (QED) is 0.592. The minimum atomic E-state index is -1.15. The van der Waals surface area contributed by atoms with Crippen molar-refractivity contribution in [2.24, 2.45) is 5.73 Å². The Morgan fingerprint density at radius 3 is 2.39 bits per heavy atom. The summed E-state index contributed by atoms with van der Waals surface area (Å²) in [7, 11) is 3.02. The third kappa shape index (κ3) is 5.70. The molecule has 0 saturated heterocycles. The summed E-state index contributed by atoms with van der Waals surface area (Å²) in [6, 6.07) is 4.06. The zero-order valence-electron chi connectivity index (χ0n) is 13.0. The smallest absolute Gasteiger partial charge is 0.331 e. The molecule has 0 spiro atoms. The number of rotatable bonds is 6. The van der Waals surface area contributed by atoms with Crippen LogP contribution in [0.1, 0.15) is 12.5 Å². The summed E-state index contributed by atoms with van der Waals surface area (Å²) in [4.78, 5) is 33.5. The molecular formula is C15H18N2O6. The van der Waals surface area contributed by atoms with Gasteiger partial charge in [0.05, 0.1) is 14.2 Å². The zero-order chi connectivity index (χ0) is 17.4. The van der Waals surface area contributed by atoms with Crippen molar-refractivity contribution in [3.63, 3.8) is 0 Å². The molecule has 0 aromatic heterocycles. The molecule has 0 radical (unpaired) electrons. The minimum Gasteiger partial charge on any atom is -0.493 e. The normalized spacial score (nSPS) is 11.6. The fourth-order valence-corrected chi connectivity index (χ4v) is 1.61. The second-order valence-corrected chi connectivity index (χ2v) is 4.38. The van der Waals surface area contributed by atoms with E-state index in [4.69, 9.17) is 19.9 Å². The molecule has 1 aromatic rings. The van der Waals surface area contributed by atoms with Crippen LogP contribution in [0.5, 0.6) is 11.5 Å². The third-order valence-corrected chi connectivity index (χ3v) is 2.73. The van der Waals surface area contributed by atoms with Crippen LogP contribution < -0.4 is 20.5 Å². The second-order valence-electron chi connectivity index (χ2n) is 4.38. The minimum absolute atomic E-state index is 0.511. The largest absolute Gasteiger partial charge is 0.493 e. The van der Waals surface area contributed by atoms with Crippen LogP contribution in [0.15, 0.2) is 24.3 Å². The monoisotopic (exact) mass is 322 g/mol. The molecule has 23 heavy (non-hydrogen) atoms. The average Bonchev–Trinajstić information content (AvgIpc) is 2.51. The number of hydrogen-bond acceptors (Lipinski definition) is 6. The van der Waals surface area contributed by atoms with E-state index >= 15 is 0 Å². The van der Waals surface area contributed by atoms with Gasteiger partial charge < -0.3 is 19.9 Å². The molecule has 124 valence electrons. The molecule has 0 aliphatic heterocycles. The average molecular weight is 322 g/mol. The Balaban J connectivity index is 2.68. The fraction of sp³-hybridized carbons (Fsp3) is 0.267. The molecular weight excluding hydrogens is 304 g/mol. The number of amides is 3. The van der Waals surface area contributed by atoms with Gasteiger partial charge in [-0.3, -0.25) is 10.1 Å². The number of hydrogen-bond donors (Lipinski definition) is 2. The maximum absolute atomic E-state index is 11.6. The van der Waals surface area contributed by atoms with Crippen LogP contribution >= 0.6 is 0 Å². The van der Waals surface area contributed by atoms with E-state index in [0.29, 0.717) is 17.1 Å². The van der Waals surface area contributed by atoms with Gasteiger partial charge in [-0.25, -0.2) is 9.59 Å². The lowest BCUT2D eigenvalue weighted by molar-refractivity contribution is -0.149. The highest BCUT2D eigenvalue weighted by Gasteiger charge is 2.17. The first kappa shape index (κ1) is 18.0. The molecule has 0 unspecified atom stereocenters. The van der Waals surface area contributed by atoms with Gasteiger partial charge in [-0.1, -0.05) is 6.07 Å². The van der Waals surface area contributed by atoms with Gasteiger partial charge in [-0.15, -0.1) is 0 Å². The standard InChI is InChI=1S/C15H18N2O6/c1-9(14(19)17-15(16)20)23-13(18)7-5-10-4-6-11(21-2)12(8-10)22-3/h4-9H,1-3H3,(H3,16,17,19,20)/b7-5+/t9-/m0/s1. The van der Waals surface area contributed by atoms with Gasteiger partial charge in [0.2, 0.25) is 0 Å². The van der Waals surface area contributed by atoms with Gasteiger partial charge in [0.15, 0.2) is 17.6 Å². The highest BCUT2D eigenvalue weighted by atomic mass is 16.5. The predicted octanol–water partition coefficient (Wildman–Crippen LogP) is 0.844. The van der Waals surface area contributed by atoms with Crippen LogP contribution in [-0.2, 0) is 14.3 Å². The number of primary amides is 1. The topological polar surface area (TPSA) is 117 Å². The number of nitrogens with one attached hydrogen (secondary N) is 1. The highest BCUT2D eigenvalue weighted by molar-refractivity contribution is 5.97. The summed E-state index contributed by atoms with van der Waals surface area (Å²) in [6.45, 7) is 1.32. The van der Waals surface area contributed by atoms with Crippen molar-refractivity contribution in [1.82, 2.24) is 5.32 Å². The summed E-state index contributed by atoms with van der Waals surface area (Å²) in [6.07, 6.45) is 1.49. The van der Waals surface area contributed by atoms with Crippen LogP contribution in [0, 0.1) is 0 Å². The van der Waals surface area contributed by atoms with Crippen molar-refractivity contribution >= 4 is 24.0 Å². The fourth-order valence-electron chi connectivity index (χ4n) is 1.61. The highest BCUT2D eigenvalue weighted by Crippen LogP contribution is 2.27. The Morgan fingerprint density at radius 2 is 1.83 bits per heavy atom. The number of imide groups is 1. The molecule has 3 N–H and O–H groups in total. The van der Waals surface area contributed by atoms with Gasteiger partial charge >= 0.3 is 12.0 Å². The van der Waals surface area contributed by atoms with Gasteiger partial charge in [0.25, 0.3) is 5.91 Å². The lowest BCUT2D eigenvalue weighted by Gasteiger charge is -2.10. The van der Waals surface area contributed by atoms with Crippen molar-refractivity contribution in [3.8, 4) is 11.5 Å². The number of carbonyl (C=O) groups excluding carboxylic acids is 3. The molecule has 0 heterocycles. The number of ether oxygens (including phenoxy) is 3. The third-order valence-electron chi connectivity index (χ3n) is 2.73. The van der Waals surface area contributed by atoms with Gasteiger partial charge in [0, 0.05) is 6.08 Å². The first-order valence-corrected chi connectivity index (χ1v) is 6.58.